The quantitative estimate of drug-likeness (QED) is 0.582. The number of aromatic nitrogens is 2. The number of hydrogen-bond acceptors (Lipinski definition) is 2. The second kappa shape index (κ2) is 3.97. The van der Waals surface area contributed by atoms with Gasteiger partial charge in [0.2, 0.25) is 0 Å². The molecule has 0 atom stereocenters. The Balaban J connectivity index is 3.38. The molecule has 0 saturated heterocycles. The molecule has 0 spiro atoms. The van der Waals surface area contributed by atoms with Crippen molar-refractivity contribution in [2.75, 3.05) is 0 Å². The first kappa shape index (κ1) is 10.3. The summed E-state index contributed by atoms with van der Waals surface area (Å²) in [6, 6.07) is 0. The maximum Gasteiger partial charge on any atom is 0.331 e. The molecule has 0 aliphatic rings. The highest BCUT2D eigenvalue weighted by molar-refractivity contribution is 5.04. The minimum Gasteiger partial charge on any atom is -0.289 e. The van der Waals surface area contributed by atoms with Gasteiger partial charge in [-0.15, -0.1) is 5.92 Å². The van der Waals surface area contributed by atoms with E-state index in [-0.39, 0.29) is 11.2 Å². The Morgan fingerprint density at radius 1 is 1.43 bits per heavy atom. The molecule has 0 unspecified atom stereocenters. The Morgan fingerprint density at radius 2 is 2.07 bits per heavy atom. The topological polar surface area (TPSA) is 44.0 Å². The predicted molar refractivity (Wildman–Crippen MR) is 54.1 cm³/mol. The van der Waals surface area contributed by atoms with Crippen LogP contribution in [0.3, 0.4) is 0 Å². The van der Waals surface area contributed by atoms with E-state index in [1.807, 2.05) is 0 Å². The highest BCUT2D eigenvalue weighted by Crippen LogP contribution is 1.84. The lowest BCUT2D eigenvalue weighted by atomic mass is 10.4. The first-order valence-corrected chi connectivity index (χ1v) is 4.24. The van der Waals surface area contributed by atoms with Crippen LogP contribution in [0.5, 0.6) is 0 Å². The molecule has 14 heavy (non-hydrogen) atoms. The van der Waals surface area contributed by atoms with Crippen LogP contribution in [0, 0.1) is 18.8 Å². The summed E-state index contributed by atoms with van der Waals surface area (Å²) < 4.78 is 2.51. The molecular formula is C10H12N2O2. The van der Waals surface area contributed by atoms with E-state index in [0.29, 0.717) is 12.1 Å². The zero-order chi connectivity index (χ0) is 10.7. The molecule has 1 rings (SSSR count). The van der Waals surface area contributed by atoms with Crippen molar-refractivity contribution in [2.24, 2.45) is 7.05 Å². The highest BCUT2D eigenvalue weighted by atomic mass is 16.2. The van der Waals surface area contributed by atoms with Crippen molar-refractivity contribution in [2.45, 2.75) is 20.4 Å². The van der Waals surface area contributed by atoms with Crippen molar-refractivity contribution in [1.82, 2.24) is 9.13 Å². The SMILES string of the molecule is CC#CCn1cc(C)c(=O)n(C)c1=O. The van der Waals surface area contributed by atoms with Gasteiger partial charge in [-0.05, 0) is 13.8 Å². The van der Waals surface area contributed by atoms with E-state index in [9.17, 15) is 9.59 Å². The number of nitrogens with zero attached hydrogens (tertiary/aromatic N) is 2. The van der Waals surface area contributed by atoms with Crippen LogP contribution in [0.15, 0.2) is 15.8 Å². The molecule has 1 heterocycles. The summed E-state index contributed by atoms with van der Waals surface area (Å²) in [5.74, 6) is 5.48. The first-order chi connectivity index (χ1) is 6.57. The highest BCUT2D eigenvalue weighted by Gasteiger charge is 2.03. The first-order valence-electron chi connectivity index (χ1n) is 4.24. The van der Waals surface area contributed by atoms with Crippen LogP contribution >= 0.6 is 0 Å². The lowest BCUT2D eigenvalue weighted by molar-refractivity contribution is 0.653. The Hall–Kier alpha value is -1.76. The Bertz CT molecular complexity index is 512. The van der Waals surface area contributed by atoms with Crippen molar-refractivity contribution in [3.8, 4) is 11.8 Å². The van der Waals surface area contributed by atoms with Crippen LogP contribution in [0.2, 0.25) is 0 Å². The molecule has 4 nitrogen and oxygen atoms in total. The third-order valence-electron chi connectivity index (χ3n) is 1.95. The van der Waals surface area contributed by atoms with Gasteiger partial charge in [0, 0.05) is 18.8 Å². The van der Waals surface area contributed by atoms with Gasteiger partial charge in [0.05, 0.1) is 6.54 Å². The third kappa shape index (κ3) is 1.77. The van der Waals surface area contributed by atoms with Crippen LogP contribution in [-0.4, -0.2) is 9.13 Å². The molecule has 0 aliphatic carbocycles. The summed E-state index contributed by atoms with van der Waals surface area (Å²) >= 11 is 0. The van der Waals surface area contributed by atoms with Crippen molar-refractivity contribution >= 4 is 0 Å². The van der Waals surface area contributed by atoms with Gasteiger partial charge in [-0.25, -0.2) is 4.79 Å². The Morgan fingerprint density at radius 3 is 2.64 bits per heavy atom. The fourth-order valence-electron chi connectivity index (χ4n) is 1.17. The molecule has 1 aromatic rings. The fourth-order valence-corrected chi connectivity index (χ4v) is 1.17. The molecule has 0 N–H and O–H groups in total. The number of aryl methyl sites for hydroxylation is 1. The standard InChI is InChI=1S/C10H12N2O2/c1-4-5-6-12-7-8(2)9(13)11(3)10(12)14/h7H,6H2,1-3H3. The van der Waals surface area contributed by atoms with Gasteiger partial charge in [-0.3, -0.25) is 13.9 Å². The normalized spacial score (nSPS) is 9.36. The van der Waals surface area contributed by atoms with Gasteiger partial charge < -0.3 is 0 Å². The maximum absolute atomic E-state index is 11.5. The Labute approximate surface area is 81.8 Å². The summed E-state index contributed by atoms with van der Waals surface area (Å²) in [5, 5.41) is 0. The van der Waals surface area contributed by atoms with Crippen LogP contribution in [0.1, 0.15) is 12.5 Å². The van der Waals surface area contributed by atoms with E-state index in [2.05, 4.69) is 11.8 Å². The zero-order valence-corrected chi connectivity index (χ0v) is 8.50. The second-order valence-electron chi connectivity index (χ2n) is 3.01. The van der Waals surface area contributed by atoms with Gasteiger partial charge in [0.1, 0.15) is 0 Å². The van der Waals surface area contributed by atoms with Crippen molar-refractivity contribution in [3.05, 3.63) is 32.6 Å². The average molecular weight is 192 g/mol. The van der Waals surface area contributed by atoms with Gasteiger partial charge in [0.25, 0.3) is 5.56 Å². The molecule has 4 heteroatoms. The molecule has 0 bridgehead atoms. The van der Waals surface area contributed by atoms with E-state index in [1.54, 1.807) is 13.8 Å². The molecule has 0 radical (unpaired) electrons. The van der Waals surface area contributed by atoms with Gasteiger partial charge in [-0.2, -0.15) is 0 Å². The van der Waals surface area contributed by atoms with E-state index >= 15 is 0 Å². The molecule has 0 aliphatic heterocycles. The van der Waals surface area contributed by atoms with Crippen LogP contribution in [-0.2, 0) is 13.6 Å². The fraction of sp³-hybridized carbons (Fsp3) is 0.400. The second-order valence-corrected chi connectivity index (χ2v) is 3.01. The summed E-state index contributed by atoms with van der Waals surface area (Å²) in [6.07, 6.45) is 1.54. The molecule has 0 amide bonds. The molecule has 0 aromatic carbocycles. The summed E-state index contributed by atoms with van der Waals surface area (Å²) in [5.41, 5.74) is -0.0379. The average Bonchev–Trinajstić information content (AvgIpc) is 2.18. The van der Waals surface area contributed by atoms with Crippen LogP contribution in [0.25, 0.3) is 0 Å². The zero-order valence-electron chi connectivity index (χ0n) is 8.50. The van der Waals surface area contributed by atoms with Gasteiger partial charge in [-0.1, -0.05) is 5.92 Å². The minimum absolute atomic E-state index is 0.254. The van der Waals surface area contributed by atoms with E-state index in [1.165, 1.54) is 17.8 Å². The van der Waals surface area contributed by atoms with Crippen LogP contribution < -0.4 is 11.2 Å². The predicted octanol–water partition coefficient (Wildman–Crippen LogP) is -0.121. The van der Waals surface area contributed by atoms with Crippen molar-refractivity contribution in [3.63, 3.8) is 0 Å². The lowest BCUT2D eigenvalue weighted by Crippen LogP contribution is -2.38. The molecular weight excluding hydrogens is 180 g/mol. The minimum atomic E-state index is -0.330. The van der Waals surface area contributed by atoms with Crippen molar-refractivity contribution in [1.29, 1.82) is 0 Å². The van der Waals surface area contributed by atoms with E-state index < -0.39 is 0 Å². The molecule has 0 saturated carbocycles. The summed E-state index contributed by atoms with van der Waals surface area (Å²) in [4.78, 5) is 22.8. The smallest absolute Gasteiger partial charge is 0.289 e. The van der Waals surface area contributed by atoms with Gasteiger partial charge in [0.15, 0.2) is 0 Å². The van der Waals surface area contributed by atoms with E-state index in [4.69, 9.17) is 0 Å². The molecule has 1 aromatic heterocycles. The largest absolute Gasteiger partial charge is 0.331 e. The number of hydrogen-bond donors (Lipinski definition) is 0. The summed E-state index contributed by atoms with van der Waals surface area (Å²) in [6.45, 7) is 3.71. The monoisotopic (exact) mass is 192 g/mol. The lowest BCUT2D eigenvalue weighted by Gasteiger charge is -2.04. The van der Waals surface area contributed by atoms with Crippen molar-refractivity contribution < 1.29 is 0 Å². The summed E-state index contributed by atoms with van der Waals surface area (Å²) in [7, 11) is 1.47. The Kier molecular flexibility index (Phi) is 2.92. The molecule has 0 fully saturated rings. The van der Waals surface area contributed by atoms with Gasteiger partial charge >= 0.3 is 5.69 Å². The maximum atomic E-state index is 11.5. The number of rotatable bonds is 1. The third-order valence-corrected chi connectivity index (χ3v) is 1.95. The van der Waals surface area contributed by atoms with Crippen LogP contribution in [0.4, 0.5) is 0 Å². The molecule has 74 valence electrons. The van der Waals surface area contributed by atoms with E-state index in [0.717, 1.165) is 4.57 Å².